The van der Waals surface area contributed by atoms with E-state index in [0.717, 1.165) is 11.6 Å². The molecular formula is C26H44N2O5Si. The minimum absolute atomic E-state index is 0.155. The lowest BCUT2D eigenvalue weighted by Gasteiger charge is -2.30. The summed E-state index contributed by atoms with van der Waals surface area (Å²) in [5.41, 5.74) is 0.212. The highest BCUT2D eigenvalue weighted by atomic mass is 28.3. The first-order valence-electron chi connectivity index (χ1n) is 12.1. The van der Waals surface area contributed by atoms with Gasteiger partial charge in [-0.1, -0.05) is 63.8 Å². The zero-order valence-electron chi connectivity index (χ0n) is 22.4. The molecule has 1 aromatic carbocycles. The minimum Gasteiger partial charge on any atom is -0.458 e. The van der Waals surface area contributed by atoms with Crippen LogP contribution >= 0.6 is 0 Å². The highest BCUT2D eigenvalue weighted by Gasteiger charge is 2.33. The van der Waals surface area contributed by atoms with Gasteiger partial charge in [0.05, 0.1) is 6.61 Å². The van der Waals surface area contributed by atoms with Crippen LogP contribution < -0.4 is 5.32 Å². The van der Waals surface area contributed by atoms with Crippen molar-refractivity contribution >= 4 is 26.0 Å². The van der Waals surface area contributed by atoms with Crippen molar-refractivity contribution in [2.45, 2.75) is 90.8 Å². The third-order valence-electron chi connectivity index (χ3n) is 5.12. The van der Waals surface area contributed by atoms with Gasteiger partial charge in [-0.2, -0.15) is 0 Å². The molecule has 1 N–H and O–H groups in total. The maximum Gasteiger partial charge on any atom is 0.410 e. The summed E-state index contributed by atoms with van der Waals surface area (Å²) in [6.45, 7) is 16.3. The third-order valence-corrected chi connectivity index (χ3v) is 6.82. The fraction of sp³-hybridized carbons (Fsp3) is 0.654. The Morgan fingerprint density at radius 3 is 2.15 bits per heavy atom. The number of amides is 2. The van der Waals surface area contributed by atoms with Crippen LogP contribution in [0.25, 0.3) is 0 Å². The number of esters is 1. The van der Waals surface area contributed by atoms with Crippen LogP contribution in [0.4, 0.5) is 4.79 Å². The second kappa shape index (κ2) is 12.9. The first kappa shape index (κ1) is 29.7. The Kier molecular flexibility index (Phi) is 11.3. The lowest BCUT2D eigenvalue weighted by molar-refractivity contribution is -0.158. The minimum atomic E-state index is -1.35. The zero-order valence-corrected chi connectivity index (χ0v) is 23.4. The maximum atomic E-state index is 13.4. The predicted octanol–water partition coefficient (Wildman–Crippen LogP) is 4.88. The van der Waals surface area contributed by atoms with Gasteiger partial charge in [0, 0.05) is 21.5 Å². The maximum absolute atomic E-state index is 13.4. The standard InChI is InChI=1S/C26H44N2O5Si/c1-19(2)17-22(28(6)25(31)32-15-16-34(7,8)9)23(29)27-21(24(30)33-26(3,4)5)18-20-13-11-10-12-14-20/h10-14,19,21-22H,15-18H2,1-9H3,(H,27,29)/t21-,22-/m0/s1. The van der Waals surface area contributed by atoms with Crippen LogP contribution in [0.2, 0.25) is 25.7 Å². The summed E-state index contributed by atoms with van der Waals surface area (Å²) in [5, 5.41) is 2.85. The van der Waals surface area contributed by atoms with E-state index >= 15 is 0 Å². The molecule has 0 bridgehead atoms. The largest absolute Gasteiger partial charge is 0.458 e. The molecule has 0 radical (unpaired) electrons. The van der Waals surface area contributed by atoms with Crippen LogP contribution in [0, 0.1) is 5.92 Å². The second-order valence-electron chi connectivity index (χ2n) is 11.5. The van der Waals surface area contributed by atoms with Gasteiger partial charge in [0.1, 0.15) is 17.7 Å². The van der Waals surface area contributed by atoms with Gasteiger partial charge in [-0.3, -0.25) is 9.69 Å². The van der Waals surface area contributed by atoms with Gasteiger partial charge in [0.2, 0.25) is 5.91 Å². The van der Waals surface area contributed by atoms with E-state index in [4.69, 9.17) is 9.47 Å². The van der Waals surface area contributed by atoms with Gasteiger partial charge in [-0.25, -0.2) is 9.59 Å². The van der Waals surface area contributed by atoms with Crippen molar-refractivity contribution in [3.63, 3.8) is 0 Å². The van der Waals surface area contributed by atoms with Crippen LogP contribution in [-0.4, -0.2) is 62.3 Å². The average molecular weight is 493 g/mol. The molecule has 0 aliphatic heterocycles. The summed E-state index contributed by atoms with van der Waals surface area (Å²) < 4.78 is 11.0. The van der Waals surface area contributed by atoms with Crippen molar-refractivity contribution < 1.29 is 23.9 Å². The molecule has 0 aliphatic rings. The lowest BCUT2D eigenvalue weighted by atomic mass is 10.0. The lowest BCUT2D eigenvalue weighted by Crippen LogP contribution is -2.54. The van der Waals surface area contributed by atoms with E-state index < -0.39 is 43.7 Å². The number of carbonyl (C=O) groups is 3. The van der Waals surface area contributed by atoms with Crippen LogP contribution in [-0.2, 0) is 25.5 Å². The number of nitrogens with zero attached hydrogens (tertiary/aromatic N) is 1. The van der Waals surface area contributed by atoms with Crippen molar-refractivity contribution in [2.75, 3.05) is 13.7 Å². The molecule has 7 nitrogen and oxygen atoms in total. The topological polar surface area (TPSA) is 84.9 Å². The first-order valence-corrected chi connectivity index (χ1v) is 15.8. The molecular weight excluding hydrogens is 448 g/mol. The quantitative estimate of drug-likeness (QED) is 0.352. The second-order valence-corrected chi connectivity index (χ2v) is 17.1. The zero-order chi connectivity index (χ0) is 26.1. The molecule has 2 amide bonds. The van der Waals surface area contributed by atoms with Crippen molar-refractivity contribution in [3.05, 3.63) is 35.9 Å². The fourth-order valence-electron chi connectivity index (χ4n) is 3.25. The van der Waals surface area contributed by atoms with Crippen molar-refractivity contribution in [3.8, 4) is 0 Å². The van der Waals surface area contributed by atoms with E-state index in [9.17, 15) is 14.4 Å². The number of ether oxygens (including phenoxy) is 2. The molecule has 0 fully saturated rings. The predicted molar refractivity (Wildman–Crippen MR) is 138 cm³/mol. The number of carbonyl (C=O) groups excluding carboxylic acids is 3. The number of likely N-dealkylation sites (N-methyl/N-ethyl adjacent to an activating group) is 1. The van der Waals surface area contributed by atoms with E-state index in [1.165, 1.54) is 4.90 Å². The van der Waals surface area contributed by atoms with Gasteiger partial charge in [0.25, 0.3) is 0 Å². The molecule has 192 valence electrons. The Labute approximate surface area is 206 Å². The summed E-state index contributed by atoms with van der Waals surface area (Å²) in [7, 11) is 0.221. The van der Waals surface area contributed by atoms with E-state index in [2.05, 4.69) is 25.0 Å². The molecule has 0 aliphatic carbocycles. The Morgan fingerprint density at radius 2 is 1.65 bits per heavy atom. The third kappa shape index (κ3) is 11.7. The van der Waals surface area contributed by atoms with Gasteiger partial charge in [-0.05, 0) is 44.7 Å². The number of rotatable bonds is 11. The summed E-state index contributed by atoms with van der Waals surface area (Å²) in [5.74, 6) is -0.749. The SMILES string of the molecule is CC(C)C[C@@H](C(=O)N[C@@H](Cc1ccccc1)C(=O)OC(C)(C)C)N(C)C(=O)OCC[Si](C)(C)C. The molecule has 0 saturated heterocycles. The number of hydrogen-bond acceptors (Lipinski definition) is 5. The molecule has 0 aromatic heterocycles. The van der Waals surface area contributed by atoms with E-state index in [1.54, 1.807) is 27.8 Å². The normalized spacial score (nSPS) is 13.7. The average Bonchev–Trinajstić information content (AvgIpc) is 2.69. The smallest absolute Gasteiger partial charge is 0.410 e. The molecule has 8 heteroatoms. The van der Waals surface area contributed by atoms with E-state index in [0.29, 0.717) is 19.4 Å². The molecule has 2 atom stereocenters. The van der Waals surface area contributed by atoms with Crippen molar-refractivity contribution in [1.29, 1.82) is 0 Å². The Hall–Kier alpha value is -2.35. The Balaban J connectivity index is 3.02. The molecule has 0 spiro atoms. The van der Waals surface area contributed by atoms with Crippen molar-refractivity contribution in [1.82, 2.24) is 10.2 Å². The number of benzene rings is 1. The highest BCUT2D eigenvalue weighted by Crippen LogP contribution is 2.16. The molecule has 0 heterocycles. The summed E-state index contributed by atoms with van der Waals surface area (Å²) in [6, 6.07) is 8.68. The molecule has 1 rings (SSSR count). The number of hydrogen-bond donors (Lipinski definition) is 1. The van der Waals surface area contributed by atoms with Gasteiger partial charge < -0.3 is 14.8 Å². The van der Waals surface area contributed by atoms with E-state index in [1.807, 2.05) is 44.2 Å². The van der Waals surface area contributed by atoms with Crippen LogP contribution in [0.3, 0.4) is 0 Å². The monoisotopic (exact) mass is 492 g/mol. The van der Waals surface area contributed by atoms with E-state index in [-0.39, 0.29) is 5.92 Å². The van der Waals surface area contributed by atoms with Crippen molar-refractivity contribution in [2.24, 2.45) is 5.92 Å². The Bertz CT molecular complexity index is 800. The Morgan fingerprint density at radius 1 is 1.06 bits per heavy atom. The van der Waals surface area contributed by atoms with Gasteiger partial charge >= 0.3 is 12.1 Å². The molecule has 34 heavy (non-hydrogen) atoms. The van der Waals surface area contributed by atoms with Crippen LogP contribution in [0.1, 0.15) is 46.6 Å². The number of nitrogens with one attached hydrogen (secondary N) is 1. The van der Waals surface area contributed by atoms with Gasteiger partial charge in [-0.15, -0.1) is 0 Å². The molecule has 1 aromatic rings. The first-order chi connectivity index (χ1) is 15.6. The summed E-state index contributed by atoms with van der Waals surface area (Å²) >= 11 is 0. The van der Waals surface area contributed by atoms with Gasteiger partial charge in [0.15, 0.2) is 0 Å². The van der Waals surface area contributed by atoms with Crippen LogP contribution in [0.15, 0.2) is 30.3 Å². The molecule has 0 saturated carbocycles. The molecule has 0 unspecified atom stereocenters. The fourth-order valence-corrected chi connectivity index (χ4v) is 3.96. The highest BCUT2D eigenvalue weighted by molar-refractivity contribution is 6.76. The van der Waals surface area contributed by atoms with Crippen LogP contribution in [0.5, 0.6) is 0 Å². The summed E-state index contributed by atoms with van der Waals surface area (Å²) in [6.07, 6.45) is 0.203. The summed E-state index contributed by atoms with van der Waals surface area (Å²) in [4.78, 5) is 40.4.